The van der Waals surface area contributed by atoms with Crippen LogP contribution in [0.3, 0.4) is 0 Å². The number of carbonyl (C=O) groups excluding carboxylic acids is 1. The molecule has 1 amide bonds. The van der Waals surface area contributed by atoms with Gasteiger partial charge >= 0.3 is 0 Å². The van der Waals surface area contributed by atoms with Gasteiger partial charge in [0, 0.05) is 25.2 Å². The molecule has 0 aliphatic carbocycles. The predicted octanol–water partition coefficient (Wildman–Crippen LogP) is 4.10. The summed E-state index contributed by atoms with van der Waals surface area (Å²) in [5, 5.41) is 8.18. The lowest BCUT2D eigenvalue weighted by molar-refractivity contribution is 0.103. The van der Waals surface area contributed by atoms with Crippen LogP contribution in [0.5, 0.6) is 0 Å². The number of nitrogens with one attached hydrogen (secondary N) is 1. The fourth-order valence-electron chi connectivity index (χ4n) is 3.23. The fourth-order valence-corrected chi connectivity index (χ4v) is 5.24. The molecular formula is C22H21FN4O3S2. The molecule has 7 nitrogen and oxygen atoms in total. The molecule has 0 aliphatic rings. The van der Waals surface area contributed by atoms with E-state index in [2.05, 4.69) is 10.4 Å². The molecule has 0 atom stereocenters. The first kappa shape index (κ1) is 22.1. The molecule has 0 saturated heterocycles. The van der Waals surface area contributed by atoms with Gasteiger partial charge in [-0.2, -0.15) is 5.10 Å². The van der Waals surface area contributed by atoms with Crippen LogP contribution in [0.4, 0.5) is 10.1 Å². The summed E-state index contributed by atoms with van der Waals surface area (Å²) < 4.78 is 40.8. The normalized spacial score (nSPS) is 11.9. The molecule has 2 heterocycles. The van der Waals surface area contributed by atoms with E-state index < -0.39 is 10.0 Å². The standard InChI is InChI=1S/C22H21FN4O3S2/c1-14-19-12-20(31-22(19)27(25-14)13-15-7-9-16(23)10-8-15)21(28)24-17-5-4-6-18(11-17)32(29,30)26(2)3/h4-12H,13H2,1-3H3,(H,24,28). The summed E-state index contributed by atoms with van der Waals surface area (Å²) in [6, 6.07) is 14.1. The minimum atomic E-state index is -3.61. The lowest BCUT2D eigenvalue weighted by Crippen LogP contribution is -2.22. The maximum atomic E-state index is 13.2. The van der Waals surface area contributed by atoms with E-state index in [1.54, 1.807) is 35.0 Å². The minimum Gasteiger partial charge on any atom is -0.321 e. The van der Waals surface area contributed by atoms with E-state index >= 15 is 0 Å². The van der Waals surface area contributed by atoms with Crippen LogP contribution in [-0.4, -0.2) is 42.5 Å². The number of hydrogen-bond donors (Lipinski definition) is 1. The van der Waals surface area contributed by atoms with Crippen molar-refractivity contribution in [3.63, 3.8) is 0 Å². The Kier molecular flexibility index (Phi) is 5.85. The molecule has 0 bridgehead atoms. The van der Waals surface area contributed by atoms with Crippen molar-refractivity contribution in [1.29, 1.82) is 0 Å². The smallest absolute Gasteiger partial charge is 0.265 e. The third kappa shape index (κ3) is 4.29. The van der Waals surface area contributed by atoms with Crippen molar-refractivity contribution in [1.82, 2.24) is 14.1 Å². The number of aryl methyl sites for hydroxylation is 1. The van der Waals surface area contributed by atoms with Crippen LogP contribution in [0.25, 0.3) is 10.2 Å². The Morgan fingerprint density at radius 2 is 1.88 bits per heavy atom. The van der Waals surface area contributed by atoms with Gasteiger partial charge in [-0.05, 0) is 48.9 Å². The Morgan fingerprint density at radius 1 is 1.16 bits per heavy atom. The highest BCUT2D eigenvalue weighted by atomic mass is 32.2. The average molecular weight is 473 g/mol. The van der Waals surface area contributed by atoms with Gasteiger partial charge in [-0.15, -0.1) is 11.3 Å². The number of benzene rings is 2. The monoisotopic (exact) mass is 472 g/mol. The second kappa shape index (κ2) is 8.45. The van der Waals surface area contributed by atoms with Gasteiger partial charge in [0.2, 0.25) is 10.0 Å². The molecule has 0 saturated carbocycles. The molecule has 1 N–H and O–H groups in total. The second-order valence-electron chi connectivity index (χ2n) is 7.47. The quantitative estimate of drug-likeness (QED) is 0.458. The van der Waals surface area contributed by atoms with E-state index in [9.17, 15) is 17.6 Å². The maximum absolute atomic E-state index is 13.2. The molecular weight excluding hydrogens is 451 g/mol. The van der Waals surface area contributed by atoms with Gasteiger partial charge in [0.05, 0.1) is 22.0 Å². The van der Waals surface area contributed by atoms with Crippen molar-refractivity contribution in [3.8, 4) is 0 Å². The van der Waals surface area contributed by atoms with E-state index in [0.29, 0.717) is 17.1 Å². The van der Waals surface area contributed by atoms with E-state index in [1.807, 2.05) is 6.92 Å². The zero-order chi connectivity index (χ0) is 23.0. The number of rotatable bonds is 6. The van der Waals surface area contributed by atoms with Crippen LogP contribution in [0, 0.1) is 12.7 Å². The molecule has 4 rings (SSSR count). The van der Waals surface area contributed by atoms with Gasteiger partial charge in [-0.1, -0.05) is 18.2 Å². The molecule has 2 aromatic heterocycles. The van der Waals surface area contributed by atoms with Crippen LogP contribution < -0.4 is 5.32 Å². The summed E-state index contributed by atoms with van der Waals surface area (Å²) in [6.45, 7) is 2.32. The van der Waals surface area contributed by atoms with E-state index in [0.717, 1.165) is 25.8 Å². The van der Waals surface area contributed by atoms with E-state index in [-0.39, 0.29) is 16.6 Å². The number of halogens is 1. The molecule has 0 unspecified atom stereocenters. The van der Waals surface area contributed by atoms with Crippen molar-refractivity contribution in [2.75, 3.05) is 19.4 Å². The molecule has 4 aromatic rings. The van der Waals surface area contributed by atoms with Gasteiger partial charge in [0.25, 0.3) is 5.91 Å². The highest BCUT2D eigenvalue weighted by Crippen LogP contribution is 2.30. The summed E-state index contributed by atoms with van der Waals surface area (Å²) in [6.07, 6.45) is 0. The summed E-state index contributed by atoms with van der Waals surface area (Å²) in [5.74, 6) is -0.633. The topological polar surface area (TPSA) is 84.3 Å². The van der Waals surface area contributed by atoms with Gasteiger partial charge in [0.15, 0.2) is 0 Å². The first-order valence-corrected chi connectivity index (χ1v) is 12.0. The highest BCUT2D eigenvalue weighted by molar-refractivity contribution is 7.89. The number of aromatic nitrogens is 2. The summed E-state index contributed by atoms with van der Waals surface area (Å²) in [5.41, 5.74) is 2.07. The number of sulfonamides is 1. The third-order valence-corrected chi connectivity index (χ3v) is 7.91. The Labute approximate surface area is 189 Å². The first-order valence-electron chi connectivity index (χ1n) is 9.70. The predicted molar refractivity (Wildman–Crippen MR) is 123 cm³/mol. The number of hydrogen-bond acceptors (Lipinski definition) is 5. The molecule has 0 aliphatic heterocycles. The molecule has 166 valence electrons. The summed E-state index contributed by atoms with van der Waals surface area (Å²) >= 11 is 1.30. The Balaban J connectivity index is 1.59. The maximum Gasteiger partial charge on any atom is 0.265 e. The van der Waals surface area contributed by atoms with Crippen molar-refractivity contribution in [2.45, 2.75) is 18.4 Å². The number of thiophene rings is 1. The summed E-state index contributed by atoms with van der Waals surface area (Å²) in [4.78, 5) is 14.3. The third-order valence-electron chi connectivity index (χ3n) is 4.95. The second-order valence-corrected chi connectivity index (χ2v) is 10.7. The van der Waals surface area contributed by atoms with Crippen molar-refractivity contribution in [3.05, 3.63) is 76.5 Å². The van der Waals surface area contributed by atoms with E-state index in [4.69, 9.17) is 0 Å². The van der Waals surface area contributed by atoms with Crippen molar-refractivity contribution < 1.29 is 17.6 Å². The van der Waals surface area contributed by atoms with Gasteiger partial charge in [0.1, 0.15) is 10.6 Å². The highest BCUT2D eigenvalue weighted by Gasteiger charge is 2.19. The molecule has 32 heavy (non-hydrogen) atoms. The van der Waals surface area contributed by atoms with Crippen LogP contribution in [-0.2, 0) is 16.6 Å². The largest absolute Gasteiger partial charge is 0.321 e. The number of anilines is 1. The zero-order valence-corrected chi connectivity index (χ0v) is 19.3. The van der Waals surface area contributed by atoms with Gasteiger partial charge < -0.3 is 5.32 Å². The lowest BCUT2D eigenvalue weighted by Gasteiger charge is -2.12. The number of carbonyl (C=O) groups is 1. The Morgan fingerprint density at radius 3 is 2.56 bits per heavy atom. The van der Waals surface area contributed by atoms with Crippen LogP contribution >= 0.6 is 11.3 Å². The molecule has 0 fully saturated rings. The molecule has 2 aromatic carbocycles. The number of nitrogens with zero attached hydrogens (tertiary/aromatic N) is 3. The van der Waals surface area contributed by atoms with Crippen LogP contribution in [0.1, 0.15) is 20.9 Å². The average Bonchev–Trinajstić information content (AvgIpc) is 3.31. The van der Waals surface area contributed by atoms with Crippen LogP contribution in [0.15, 0.2) is 59.5 Å². The lowest BCUT2D eigenvalue weighted by atomic mass is 10.2. The summed E-state index contributed by atoms with van der Waals surface area (Å²) in [7, 11) is -0.698. The Hall–Kier alpha value is -3.08. The minimum absolute atomic E-state index is 0.0995. The molecule has 0 spiro atoms. The van der Waals surface area contributed by atoms with Gasteiger partial charge in [-0.3, -0.25) is 9.48 Å². The Bertz CT molecular complexity index is 1410. The fraction of sp³-hybridized carbons (Fsp3) is 0.182. The number of amides is 1. The van der Waals surface area contributed by atoms with Crippen molar-refractivity contribution in [2.24, 2.45) is 0 Å². The van der Waals surface area contributed by atoms with Gasteiger partial charge in [-0.25, -0.2) is 17.1 Å². The molecule has 10 heteroatoms. The van der Waals surface area contributed by atoms with Crippen molar-refractivity contribution >= 4 is 43.2 Å². The number of fused-ring (bicyclic) bond motifs is 1. The zero-order valence-electron chi connectivity index (χ0n) is 17.7. The molecule has 0 radical (unpaired) electrons. The SMILES string of the molecule is Cc1nn(Cc2ccc(F)cc2)c2sc(C(=O)Nc3cccc(S(=O)(=O)N(C)C)c3)cc12. The first-order chi connectivity index (χ1) is 15.1. The van der Waals surface area contributed by atoms with Crippen LogP contribution in [0.2, 0.25) is 0 Å². The van der Waals surface area contributed by atoms with E-state index in [1.165, 1.54) is 49.7 Å².